The van der Waals surface area contributed by atoms with Crippen LogP contribution in [-0.2, 0) is 4.74 Å². The number of hydrogen-bond donors (Lipinski definition) is 1. The zero-order valence-electron chi connectivity index (χ0n) is 11.1. The van der Waals surface area contributed by atoms with Gasteiger partial charge in [0.15, 0.2) is 11.5 Å². The van der Waals surface area contributed by atoms with E-state index in [1.165, 1.54) is 0 Å². The first-order valence-corrected chi connectivity index (χ1v) is 6.72. The molecule has 21 heavy (non-hydrogen) atoms. The third kappa shape index (κ3) is 2.11. The standard InChI is InChI=1S/C14H12N4O3/c19-13-11(15-9-3-1-2-4-10(9)16-13)14-17-12(18-21-14)8-5-6-20-7-8/h1-4,8H,5-7H2,(H,16,19). The van der Waals surface area contributed by atoms with Crippen molar-refractivity contribution in [2.24, 2.45) is 0 Å². The highest BCUT2D eigenvalue weighted by molar-refractivity contribution is 5.75. The van der Waals surface area contributed by atoms with Gasteiger partial charge >= 0.3 is 0 Å². The first kappa shape index (κ1) is 12.2. The number of para-hydroxylation sites is 2. The monoisotopic (exact) mass is 284 g/mol. The van der Waals surface area contributed by atoms with E-state index in [9.17, 15) is 4.79 Å². The van der Waals surface area contributed by atoms with Crippen LogP contribution in [0, 0.1) is 0 Å². The second-order valence-electron chi connectivity index (χ2n) is 4.95. The van der Waals surface area contributed by atoms with Crippen LogP contribution >= 0.6 is 0 Å². The molecule has 4 rings (SSSR count). The summed E-state index contributed by atoms with van der Waals surface area (Å²) in [5, 5.41) is 3.94. The maximum Gasteiger partial charge on any atom is 0.282 e. The van der Waals surface area contributed by atoms with Gasteiger partial charge in [0.25, 0.3) is 11.4 Å². The molecule has 0 radical (unpaired) electrons. The molecule has 2 aromatic heterocycles. The van der Waals surface area contributed by atoms with Crippen LogP contribution in [-0.4, -0.2) is 33.3 Å². The van der Waals surface area contributed by atoms with E-state index in [2.05, 4.69) is 20.1 Å². The quantitative estimate of drug-likeness (QED) is 0.766. The Morgan fingerprint density at radius 3 is 3.00 bits per heavy atom. The van der Waals surface area contributed by atoms with Crippen molar-refractivity contribution in [3.8, 4) is 11.6 Å². The minimum Gasteiger partial charge on any atom is -0.381 e. The van der Waals surface area contributed by atoms with E-state index in [0.29, 0.717) is 30.1 Å². The molecule has 1 N–H and O–H groups in total. The number of benzene rings is 1. The van der Waals surface area contributed by atoms with Crippen LogP contribution in [0.25, 0.3) is 22.6 Å². The van der Waals surface area contributed by atoms with Crippen LogP contribution in [0.5, 0.6) is 0 Å². The van der Waals surface area contributed by atoms with Crippen LogP contribution in [0.4, 0.5) is 0 Å². The van der Waals surface area contributed by atoms with Gasteiger partial charge in [-0.2, -0.15) is 4.98 Å². The van der Waals surface area contributed by atoms with E-state index < -0.39 is 0 Å². The highest BCUT2D eigenvalue weighted by Crippen LogP contribution is 2.24. The Balaban J connectivity index is 1.79. The number of aromatic nitrogens is 4. The van der Waals surface area contributed by atoms with E-state index >= 15 is 0 Å². The Morgan fingerprint density at radius 2 is 2.14 bits per heavy atom. The largest absolute Gasteiger partial charge is 0.381 e. The topological polar surface area (TPSA) is 93.9 Å². The molecule has 1 aliphatic heterocycles. The number of rotatable bonds is 2. The van der Waals surface area contributed by atoms with Gasteiger partial charge in [-0.25, -0.2) is 4.98 Å². The molecule has 3 heterocycles. The summed E-state index contributed by atoms with van der Waals surface area (Å²) in [7, 11) is 0. The van der Waals surface area contributed by atoms with Gasteiger partial charge in [-0.1, -0.05) is 17.3 Å². The minimum absolute atomic E-state index is 0.127. The Hall–Kier alpha value is -2.54. The molecule has 0 aliphatic carbocycles. The van der Waals surface area contributed by atoms with Gasteiger partial charge in [-0.15, -0.1) is 0 Å². The second-order valence-corrected chi connectivity index (χ2v) is 4.95. The zero-order valence-corrected chi connectivity index (χ0v) is 11.1. The van der Waals surface area contributed by atoms with Crippen molar-refractivity contribution in [1.82, 2.24) is 20.1 Å². The fraction of sp³-hybridized carbons (Fsp3) is 0.286. The lowest BCUT2D eigenvalue weighted by Gasteiger charge is -1.99. The summed E-state index contributed by atoms with van der Waals surface area (Å²) in [6.45, 7) is 1.28. The van der Waals surface area contributed by atoms with Gasteiger partial charge in [0.2, 0.25) is 0 Å². The molecule has 0 saturated carbocycles. The normalized spacial score (nSPS) is 18.4. The molecule has 106 valence electrons. The molecule has 0 bridgehead atoms. The Morgan fingerprint density at radius 1 is 1.24 bits per heavy atom. The van der Waals surface area contributed by atoms with Crippen molar-refractivity contribution in [2.45, 2.75) is 12.3 Å². The maximum atomic E-state index is 12.1. The predicted octanol–water partition coefficient (Wildman–Crippen LogP) is 1.48. The molecule has 1 aliphatic rings. The van der Waals surface area contributed by atoms with Gasteiger partial charge in [-0.05, 0) is 18.6 Å². The fourth-order valence-corrected chi connectivity index (χ4v) is 2.41. The molecule has 3 aromatic rings. The number of ether oxygens (including phenoxy) is 1. The third-order valence-electron chi connectivity index (χ3n) is 3.54. The second kappa shape index (κ2) is 4.78. The van der Waals surface area contributed by atoms with Crippen molar-refractivity contribution in [3.05, 3.63) is 40.4 Å². The Labute approximate surface area is 119 Å². The number of H-pyrrole nitrogens is 1. The molecule has 0 amide bonds. The van der Waals surface area contributed by atoms with E-state index in [1.54, 1.807) is 6.07 Å². The first-order chi connectivity index (χ1) is 10.3. The molecule has 1 fully saturated rings. The van der Waals surface area contributed by atoms with Gasteiger partial charge in [-0.3, -0.25) is 4.79 Å². The first-order valence-electron chi connectivity index (χ1n) is 6.72. The fourth-order valence-electron chi connectivity index (χ4n) is 2.41. The smallest absolute Gasteiger partial charge is 0.282 e. The number of fused-ring (bicyclic) bond motifs is 1. The zero-order chi connectivity index (χ0) is 14.2. The molecular formula is C14H12N4O3. The van der Waals surface area contributed by atoms with Crippen LogP contribution in [0.1, 0.15) is 18.2 Å². The van der Waals surface area contributed by atoms with Crippen LogP contribution in [0.2, 0.25) is 0 Å². The third-order valence-corrected chi connectivity index (χ3v) is 3.54. The lowest BCUT2D eigenvalue weighted by atomic mass is 10.1. The van der Waals surface area contributed by atoms with E-state index in [-0.39, 0.29) is 23.1 Å². The molecule has 1 unspecified atom stereocenters. The highest BCUT2D eigenvalue weighted by Gasteiger charge is 2.24. The van der Waals surface area contributed by atoms with Crippen molar-refractivity contribution >= 4 is 11.0 Å². The van der Waals surface area contributed by atoms with Gasteiger partial charge in [0.1, 0.15) is 0 Å². The van der Waals surface area contributed by atoms with E-state index in [4.69, 9.17) is 9.26 Å². The lowest BCUT2D eigenvalue weighted by molar-refractivity contribution is 0.192. The molecule has 0 spiro atoms. The SMILES string of the molecule is O=c1[nH]c2ccccc2nc1-c1nc(C2CCOC2)no1. The van der Waals surface area contributed by atoms with Crippen LogP contribution in [0.3, 0.4) is 0 Å². The van der Waals surface area contributed by atoms with E-state index in [1.807, 2.05) is 18.2 Å². The van der Waals surface area contributed by atoms with Crippen LogP contribution in [0.15, 0.2) is 33.6 Å². The average molecular weight is 284 g/mol. The van der Waals surface area contributed by atoms with Crippen molar-refractivity contribution in [2.75, 3.05) is 13.2 Å². The summed E-state index contributed by atoms with van der Waals surface area (Å²) >= 11 is 0. The van der Waals surface area contributed by atoms with Crippen LogP contribution < -0.4 is 5.56 Å². The summed E-state index contributed by atoms with van der Waals surface area (Å²) in [6.07, 6.45) is 0.862. The van der Waals surface area contributed by atoms with Gasteiger partial charge in [0, 0.05) is 12.5 Å². The van der Waals surface area contributed by atoms with Crippen molar-refractivity contribution in [3.63, 3.8) is 0 Å². The Bertz CT molecular complexity index is 849. The highest BCUT2D eigenvalue weighted by atomic mass is 16.5. The number of nitrogens with zero attached hydrogens (tertiary/aromatic N) is 3. The summed E-state index contributed by atoms with van der Waals surface area (Å²) in [5.74, 6) is 0.836. The molecule has 7 heteroatoms. The minimum atomic E-state index is -0.341. The van der Waals surface area contributed by atoms with Gasteiger partial charge in [0.05, 0.1) is 17.6 Å². The summed E-state index contributed by atoms with van der Waals surface area (Å²) < 4.78 is 10.5. The Kier molecular flexibility index (Phi) is 2.78. The molecular weight excluding hydrogens is 272 g/mol. The predicted molar refractivity (Wildman–Crippen MR) is 73.8 cm³/mol. The number of hydrogen-bond acceptors (Lipinski definition) is 6. The number of nitrogens with one attached hydrogen (secondary N) is 1. The van der Waals surface area contributed by atoms with Gasteiger partial charge < -0.3 is 14.2 Å². The lowest BCUT2D eigenvalue weighted by Crippen LogP contribution is -2.11. The number of aromatic amines is 1. The van der Waals surface area contributed by atoms with Crippen molar-refractivity contribution in [1.29, 1.82) is 0 Å². The summed E-state index contributed by atoms with van der Waals surface area (Å²) in [5.41, 5.74) is 1.16. The average Bonchev–Trinajstić information content (AvgIpc) is 3.17. The molecule has 1 aromatic carbocycles. The summed E-state index contributed by atoms with van der Waals surface area (Å²) in [4.78, 5) is 23.5. The van der Waals surface area contributed by atoms with Crippen molar-refractivity contribution < 1.29 is 9.26 Å². The molecule has 1 atom stereocenters. The maximum absolute atomic E-state index is 12.1. The summed E-state index contributed by atoms with van der Waals surface area (Å²) in [6, 6.07) is 7.30. The van der Waals surface area contributed by atoms with E-state index in [0.717, 1.165) is 6.42 Å². The molecule has 7 nitrogen and oxygen atoms in total. The molecule has 1 saturated heterocycles.